The summed E-state index contributed by atoms with van der Waals surface area (Å²) in [5.41, 5.74) is 13.3. The van der Waals surface area contributed by atoms with Crippen LogP contribution >= 0.6 is 0 Å². The summed E-state index contributed by atoms with van der Waals surface area (Å²) in [5.74, 6) is 0.360. The number of sulfone groups is 1. The normalized spacial score (nSPS) is 22.2. The minimum absolute atomic E-state index is 0.157. The number of likely N-dealkylation sites (N-methyl/N-ethyl adjacent to an activating group) is 1. The summed E-state index contributed by atoms with van der Waals surface area (Å²) in [6.45, 7) is 7.08. The molecule has 0 amide bonds. The van der Waals surface area contributed by atoms with E-state index in [-0.39, 0.29) is 16.8 Å². The highest BCUT2D eigenvalue weighted by atomic mass is 32.2. The van der Waals surface area contributed by atoms with Crippen molar-refractivity contribution in [3.05, 3.63) is 18.2 Å². The van der Waals surface area contributed by atoms with Gasteiger partial charge in [-0.1, -0.05) is 6.42 Å². The van der Waals surface area contributed by atoms with Gasteiger partial charge in [-0.15, -0.1) is 0 Å². The second-order valence-electron chi connectivity index (χ2n) is 9.35. The van der Waals surface area contributed by atoms with Gasteiger partial charge in [-0.25, -0.2) is 13.4 Å². The molecule has 9 nitrogen and oxygen atoms in total. The van der Waals surface area contributed by atoms with E-state index in [1.807, 2.05) is 17.0 Å². The SMILES string of the molecule is CC(C)S(=O)(=O)c1ccc(N2CCN(C)CC2)cc1N1C(N)=NC(N)=NC12CCCCC2. The number of nitrogens with zero attached hydrogens (tertiary/aromatic N) is 5. The number of guanidine groups is 2. The van der Waals surface area contributed by atoms with Gasteiger partial charge in [0.25, 0.3) is 0 Å². The largest absolute Gasteiger partial charge is 0.369 e. The summed E-state index contributed by atoms with van der Waals surface area (Å²) in [5, 5.41) is -0.561. The minimum atomic E-state index is -3.56. The second kappa shape index (κ2) is 8.55. The molecule has 1 aliphatic carbocycles. The zero-order valence-electron chi connectivity index (χ0n) is 19.3. The summed E-state index contributed by atoms with van der Waals surface area (Å²) in [6.07, 6.45) is 4.57. The zero-order valence-corrected chi connectivity index (χ0v) is 20.1. The predicted octanol–water partition coefficient (Wildman–Crippen LogP) is 1.73. The smallest absolute Gasteiger partial charge is 0.220 e. The summed E-state index contributed by atoms with van der Waals surface area (Å²) in [4.78, 5) is 15.7. The number of hydrogen-bond donors (Lipinski definition) is 2. The number of benzene rings is 1. The highest BCUT2D eigenvalue weighted by Gasteiger charge is 2.44. The number of rotatable bonds is 4. The van der Waals surface area contributed by atoms with Gasteiger partial charge in [0.2, 0.25) is 11.9 Å². The standard InChI is InChI=1S/C22H35N7O2S/c1-16(2)32(30,31)19-8-7-17(28-13-11-27(3)12-14-28)15-18(19)29-21(24)25-20(23)26-22(29)9-5-4-6-10-22/h7-8,15-16H,4-6,9-14H2,1-3H3,(H4,23,24,25,26). The molecule has 1 saturated carbocycles. The van der Waals surface area contributed by atoms with Gasteiger partial charge in [0.1, 0.15) is 5.66 Å². The lowest BCUT2D eigenvalue weighted by atomic mass is 9.87. The van der Waals surface area contributed by atoms with Gasteiger partial charge >= 0.3 is 0 Å². The molecule has 10 heteroatoms. The van der Waals surface area contributed by atoms with Crippen LogP contribution in [0.4, 0.5) is 11.4 Å². The third-order valence-corrected chi connectivity index (χ3v) is 9.03. The first-order valence-corrected chi connectivity index (χ1v) is 13.0. The lowest BCUT2D eigenvalue weighted by Gasteiger charge is -2.46. The molecule has 0 atom stereocenters. The number of hydrogen-bond acceptors (Lipinski definition) is 9. The number of anilines is 2. The molecule has 0 unspecified atom stereocenters. The van der Waals surface area contributed by atoms with E-state index in [0.717, 1.165) is 64.0 Å². The maximum absolute atomic E-state index is 13.4. The first-order valence-electron chi connectivity index (χ1n) is 11.5. The van der Waals surface area contributed by atoms with Crippen molar-refractivity contribution in [1.82, 2.24) is 4.90 Å². The van der Waals surface area contributed by atoms with Crippen LogP contribution in [0.3, 0.4) is 0 Å². The van der Waals surface area contributed by atoms with Crippen LogP contribution < -0.4 is 21.3 Å². The lowest BCUT2D eigenvalue weighted by Crippen LogP contribution is -2.58. The Morgan fingerprint density at radius 1 is 1.03 bits per heavy atom. The molecular weight excluding hydrogens is 426 g/mol. The zero-order chi connectivity index (χ0) is 23.1. The van der Waals surface area contributed by atoms with Crippen LogP contribution in [-0.2, 0) is 9.84 Å². The molecule has 0 aromatic heterocycles. The number of aliphatic imine (C=N–C) groups is 2. The number of piperazine rings is 1. The maximum atomic E-state index is 13.4. The molecule has 2 aliphatic heterocycles. The molecule has 0 bridgehead atoms. The van der Waals surface area contributed by atoms with E-state index in [2.05, 4.69) is 21.8 Å². The van der Waals surface area contributed by atoms with E-state index in [1.54, 1.807) is 19.9 Å². The Bertz CT molecular complexity index is 1020. The molecule has 1 saturated heterocycles. The second-order valence-corrected chi connectivity index (χ2v) is 11.8. The van der Waals surface area contributed by atoms with Gasteiger partial charge in [-0.2, -0.15) is 4.99 Å². The molecule has 2 fully saturated rings. The first kappa shape index (κ1) is 22.8. The first-order chi connectivity index (χ1) is 15.1. The third-order valence-electron chi connectivity index (χ3n) is 6.83. The van der Waals surface area contributed by atoms with Crippen molar-refractivity contribution < 1.29 is 8.42 Å². The fourth-order valence-corrected chi connectivity index (χ4v) is 6.11. The Balaban J connectivity index is 1.87. The van der Waals surface area contributed by atoms with Gasteiger partial charge < -0.3 is 21.3 Å². The monoisotopic (exact) mass is 461 g/mol. The molecule has 32 heavy (non-hydrogen) atoms. The third kappa shape index (κ3) is 4.05. The van der Waals surface area contributed by atoms with Crippen molar-refractivity contribution in [3.63, 3.8) is 0 Å². The Labute approximate surface area is 191 Å². The van der Waals surface area contributed by atoms with E-state index in [9.17, 15) is 8.42 Å². The summed E-state index contributed by atoms with van der Waals surface area (Å²) < 4.78 is 26.8. The van der Waals surface area contributed by atoms with E-state index >= 15 is 0 Å². The molecular formula is C22H35N7O2S. The van der Waals surface area contributed by atoms with Crippen LogP contribution in [-0.4, -0.2) is 69.4 Å². The molecule has 1 aromatic rings. The van der Waals surface area contributed by atoms with Crippen molar-refractivity contribution in [2.45, 2.75) is 61.8 Å². The summed E-state index contributed by atoms with van der Waals surface area (Å²) >= 11 is 0. The number of nitrogens with two attached hydrogens (primary N) is 2. The Morgan fingerprint density at radius 3 is 2.31 bits per heavy atom. The fourth-order valence-electron chi connectivity index (χ4n) is 4.91. The highest BCUT2D eigenvalue weighted by Crippen LogP contribution is 2.43. The topological polar surface area (TPSA) is 121 Å². The Kier molecular flexibility index (Phi) is 6.10. The average molecular weight is 462 g/mol. The molecule has 1 aromatic carbocycles. The van der Waals surface area contributed by atoms with Gasteiger partial charge in [0, 0.05) is 31.9 Å². The molecule has 4 rings (SSSR count). The molecule has 1 spiro atoms. The van der Waals surface area contributed by atoms with Crippen molar-refractivity contribution in [2.24, 2.45) is 21.5 Å². The van der Waals surface area contributed by atoms with Crippen molar-refractivity contribution >= 4 is 33.1 Å². The van der Waals surface area contributed by atoms with Gasteiger partial charge in [0.15, 0.2) is 9.84 Å². The van der Waals surface area contributed by atoms with E-state index in [0.29, 0.717) is 5.69 Å². The van der Waals surface area contributed by atoms with Gasteiger partial charge in [-0.3, -0.25) is 4.90 Å². The quantitative estimate of drug-likeness (QED) is 0.700. The highest BCUT2D eigenvalue weighted by molar-refractivity contribution is 7.92. The van der Waals surface area contributed by atoms with E-state index in [1.165, 1.54) is 0 Å². The molecule has 0 radical (unpaired) electrons. The minimum Gasteiger partial charge on any atom is -0.369 e. The molecule has 4 N–H and O–H groups in total. The van der Waals surface area contributed by atoms with Crippen molar-refractivity contribution in [3.8, 4) is 0 Å². The van der Waals surface area contributed by atoms with Gasteiger partial charge in [0.05, 0.1) is 15.8 Å². The maximum Gasteiger partial charge on any atom is 0.220 e. The fraction of sp³-hybridized carbons (Fsp3) is 0.636. The van der Waals surface area contributed by atoms with Crippen LogP contribution in [0.5, 0.6) is 0 Å². The van der Waals surface area contributed by atoms with Crippen LogP contribution in [0.2, 0.25) is 0 Å². The van der Waals surface area contributed by atoms with Crippen LogP contribution in [0.15, 0.2) is 33.1 Å². The predicted molar refractivity (Wildman–Crippen MR) is 130 cm³/mol. The van der Waals surface area contributed by atoms with Crippen LogP contribution in [0.1, 0.15) is 46.0 Å². The van der Waals surface area contributed by atoms with Crippen molar-refractivity contribution in [2.75, 3.05) is 43.0 Å². The van der Waals surface area contributed by atoms with E-state index in [4.69, 9.17) is 16.5 Å². The Hall–Kier alpha value is -2.33. The Morgan fingerprint density at radius 2 is 1.69 bits per heavy atom. The van der Waals surface area contributed by atoms with Crippen molar-refractivity contribution in [1.29, 1.82) is 0 Å². The van der Waals surface area contributed by atoms with Gasteiger partial charge in [-0.05, 0) is 64.8 Å². The van der Waals surface area contributed by atoms with Crippen LogP contribution in [0, 0.1) is 0 Å². The van der Waals surface area contributed by atoms with E-state index < -0.39 is 20.8 Å². The average Bonchev–Trinajstić information content (AvgIpc) is 2.74. The lowest BCUT2D eigenvalue weighted by molar-refractivity contribution is 0.304. The van der Waals surface area contributed by atoms with Crippen LogP contribution in [0.25, 0.3) is 0 Å². The molecule has 3 aliphatic rings. The molecule has 176 valence electrons. The summed E-state index contributed by atoms with van der Waals surface area (Å²) in [6, 6.07) is 5.59. The summed E-state index contributed by atoms with van der Waals surface area (Å²) in [7, 11) is -1.45. The molecule has 2 heterocycles.